The quantitative estimate of drug-likeness (QED) is 0.816. The monoisotopic (exact) mass is 237 g/mol. The number of anilines is 1. The number of rotatable bonds is 4. The van der Waals surface area contributed by atoms with E-state index in [9.17, 15) is 0 Å². The minimum absolute atomic E-state index is 0.117. The van der Waals surface area contributed by atoms with Crippen molar-refractivity contribution in [1.82, 2.24) is 4.98 Å². The maximum atomic E-state index is 5.51. The number of hydrogen-bond donors (Lipinski definition) is 1. The lowest BCUT2D eigenvalue weighted by Gasteiger charge is -2.36. The molecule has 16 heavy (non-hydrogen) atoms. The van der Waals surface area contributed by atoms with Gasteiger partial charge < -0.3 is 10.6 Å². The summed E-state index contributed by atoms with van der Waals surface area (Å²) < 4.78 is 0. The fourth-order valence-corrected chi connectivity index (χ4v) is 1.44. The molecule has 0 spiro atoms. The highest BCUT2D eigenvalue weighted by Crippen LogP contribution is 2.23. The van der Waals surface area contributed by atoms with E-state index < -0.39 is 0 Å². The van der Waals surface area contributed by atoms with Gasteiger partial charge in [-0.1, -0.05) is 19.1 Å². The Kier molecular flexibility index (Phi) is 3.86. The molecule has 0 atom stereocenters. The van der Waals surface area contributed by atoms with Crippen molar-refractivity contribution >= 4 is 22.9 Å². The van der Waals surface area contributed by atoms with Crippen LogP contribution in [0.25, 0.3) is 0 Å². The van der Waals surface area contributed by atoms with Crippen molar-refractivity contribution in [2.24, 2.45) is 5.73 Å². The van der Waals surface area contributed by atoms with Crippen LogP contribution in [-0.4, -0.2) is 22.6 Å². The lowest BCUT2D eigenvalue weighted by Crippen LogP contribution is -2.40. The van der Waals surface area contributed by atoms with E-state index in [1.165, 1.54) is 0 Å². The molecule has 1 aromatic rings. The van der Waals surface area contributed by atoms with Crippen LogP contribution in [0.5, 0.6) is 0 Å². The first-order chi connectivity index (χ1) is 7.38. The minimum Gasteiger partial charge on any atom is -0.388 e. The van der Waals surface area contributed by atoms with Crippen molar-refractivity contribution in [2.45, 2.75) is 32.7 Å². The van der Waals surface area contributed by atoms with Gasteiger partial charge >= 0.3 is 0 Å². The molecule has 0 aliphatic carbocycles. The summed E-state index contributed by atoms with van der Waals surface area (Å²) in [7, 11) is 2.07. The van der Waals surface area contributed by atoms with Crippen LogP contribution in [0, 0.1) is 0 Å². The molecule has 0 amide bonds. The van der Waals surface area contributed by atoms with Crippen LogP contribution < -0.4 is 10.6 Å². The smallest absolute Gasteiger partial charge is 0.122 e. The first-order valence-electron chi connectivity index (χ1n) is 5.38. The molecule has 3 nitrogen and oxygen atoms in total. The minimum atomic E-state index is 0.117. The Bertz CT molecular complexity index is 370. The summed E-state index contributed by atoms with van der Waals surface area (Å²) in [5.41, 5.74) is 7.37. The third kappa shape index (κ3) is 2.70. The van der Waals surface area contributed by atoms with Gasteiger partial charge in [-0.2, -0.15) is 0 Å². The molecule has 1 aromatic heterocycles. The Hall–Kier alpha value is -1.16. The van der Waals surface area contributed by atoms with Gasteiger partial charge in [0.2, 0.25) is 0 Å². The Labute approximate surface area is 103 Å². The molecule has 1 rings (SSSR count). The molecule has 0 aromatic carbocycles. The molecule has 0 fully saturated rings. The normalized spacial score (nSPS) is 11.2. The maximum absolute atomic E-state index is 5.51. The first kappa shape index (κ1) is 12.9. The number of nitrogens with zero attached hydrogens (tertiary/aromatic N) is 2. The maximum Gasteiger partial charge on any atom is 0.122 e. The predicted octanol–water partition coefficient (Wildman–Crippen LogP) is 2.34. The van der Waals surface area contributed by atoms with Crippen molar-refractivity contribution in [1.29, 1.82) is 0 Å². The highest BCUT2D eigenvalue weighted by atomic mass is 32.1. The highest BCUT2D eigenvalue weighted by molar-refractivity contribution is 7.80. The average Bonchev–Trinajstić information content (AvgIpc) is 2.28. The summed E-state index contributed by atoms with van der Waals surface area (Å²) in [4.78, 5) is 6.79. The van der Waals surface area contributed by atoms with Gasteiger partial charge in [0.25, 0.3) is 0 Å². The molecule has 0 aliphatic rings. The third-order valence-electron chi connectivity index (χ3n) is 3.16. The van der Waals surface area contributed by atoms with Gasteiger partial charge in [0, 0.05) is 12.6 Å². The Morgan fingerprint density at radius 2 is 2.12 bits per heavy atom. The van der Waals surface area contributed by atoms with Crippen molar-refractivity contribution in [3.8, 4) is 0 Å². The summed E-state index contributed by atoms with van der Waals surface area (Å²) in [6, 6.07) is 3.86. The van der Waals surface area contributed by atoms with Crippen molar-refractivity contribution < 1.29 is 0 Å². The van der Waals surface area contributed by atoms with Crippen LogP contribution >= 0.6 is 12.2 Å². The summed E-state index contributed by atoms with van der Waals surface area (Å²) in [6.07, 6.45) is 2.88. The van der Waals surface area contributed by atoms with E-state index >= 15 is 0 Å². The van der Waals surface area contributed by atoms with E-state index in [-0.39, 0.29) is 5.54 Å². The summed E-state index contributed by atoms with van der Waals surface area (Å²) >= 11 is 4.87. The third-order valence-corrected chi connectivity index (χ3v) is 3.37. The SMILES string of the molecule is CCC(C)(C)N(C)c1ccc(C(N)=S)nc1. The Morgan fingerprint density at radius 3 is 2.50 bits per heavy atom. The lowest BCUT2D eigenvalue weighted by atomic mass is 9.99. The van der Waals surface area contributed by atoms with Crippen LogP contribution in [0.1, 0.15) is 32.9 Å². The van der Waals surface area contributed by atoms with Crippen LogP contribution in [-0.2, 0) is 0 Å². The van der Waals surface area contributed by atoms with Crippen molar-refractivity contribution in [3.63, 3.8) is 0 Å². The van der Waals surface area contributed by atoms with E-state index in [1.54, 1.807) is 0 Å². The molecule has 4 heteroatoms. The van der Waals surface area contributed by atoms with Gasteiger partial charge in [0.15, 0.2) is 0 Å². The second kappa shape index (κ2) is 4.78. The first-order valence-corrected chi connectivity index (χ1v) is 5.79. The lowest BCUT2D eigenvalue weighted by molar-refractivity contribution is 0.470. The zero-order valence-electron chi connectivity index (χ0n) is 10.3. The van der Waals surface area contributed by atoms with E-state index in [0.29, 0.717) is 10.7 Å². The summed E-state index contributed by atoms with van der Waals surface area (Å²) in [5, 5.41) is 0. The second-order valence-electron chi connectivity index (χ2n) is 4.49. The molecule has 0 unspecified atom stereocenters. The van der Waals surface area contributed by atoms with Gasteiger partial charge in [-0.05, 0) is 32.4 Å². The molecule has 2 N–H and O–H groups in total. The van der Waals surface area contributed by atoms with Gasteiger partial charge in [-0.3, -0.25) is 4.98 Å². The molecule has 1 heterocycles. The zero-order valence-corrected chi connectivity index (χ0v) is 11.1. The fraction of sp³-hybridized carbons (Fsp3) is 0.500. The Morgan fingerprint density at radius 1 is 1.50 bits per heavy atom. The van der Waals surface area contributed by atoms with E-state index in [4.69, 9.17) is 18.0 Å². The molecule has 0 saturated carbocycles. The number of hydrogen-bond acceptors (Lipinski definition) is 3. The van der Waals surface area contributed by atoms with Gasteiger partial charge in [0.05, 0.1) is 17.6 Å². The summed E-state index contributed by atoms with van der Waals surface area (Å²) in [6.45, 7) is 6.58. The van der Waals surface area contributed by atoms with Gasteiger partial charge in [-0.25, -0.2) is 0 Å². The molecular formula is C12H19N3S. The average molecular weight is 237 g/mol. The second-order valence-corrected chi connectivity index (χ2v) is 4.93. The van der Waals surface area contributed by atoms with Gasteiger partial charge in [-0.15, -0.1) is 0 Å². The van der Waals surface area contributed by atoms with E-state index in [2.05, 4.69) is 37.7 Å². The topological polar surface area (TPSA) is 42.1 Å². The zero-order chi connectivity index (χ0) is 12.3. The van der Waals surface area contributed by atoms with Crippen LogP contribution in [0.2, 0.25) is 0 Å². The molecule has 0 radical (unpaired) electrons. The molecular weight excluding hydrogens is 218 g/mol. The summed E-state index contributed by atoms with van der Waals surface area (Å²) in [5.74, 6) is 0. The molecule has 0 saturated heterocycles. The molecule has 88 valence electrons. The predicted molar refractivity (Wildman–Crippen MR) is 72.9 cm³/mol. The van der Waals surface area contributed by atoms with Crippen LogP contribution in [0.3, 0.4) is 0 Å². The van der Waals surface area contributed by atoms with E-state index in [0.717, 1.165) is 12.1 Å². The molecule has 0 aliphatic heterocycles. The van der Waals surface area contributed by atoms with E-state index in [1.807, 2.05) is 18.3 Å². The highest BCUT2D eigenvalue weighted by Gasteiger charge is 2.21. The van der Waals surface area contributed by atoms with Crippen molar-refractivity contribution in [2.75, 3.05) is 11.9 Å². The van der Waals surface area contributed by atoms with Crippen LogP contribution in [0.4, 0.5) is 5.69 Å². The van der Waals surface area contributed by atoms with Crippen molar-refractivity contribution in [3.05, 3.63) is 24.0 Å². The number of aromatic nitrogens is 1. The van der Waals surface area contributed by atoms with Crippen LogP contribution in [0.15, 0.2) is 18.3 Å². The number of pyridine rings is 1. The standard InChI is InChI=1S/C12H19N3S/c1-5-12(2,3)15(4)9-6-7-10(11(13)16)14-8-9/h6-8H,5H2,1-4H3,(H2,13,16). The largest absolute Gasteiger partial charge is 0.388 e. The Balaban J connectivity index is 2.94. The molecule has 0 bridgehead atoms. The fourth-order valence-electron chi connectivity index (χ4n) is 1.32. The number of nitrogens with two attached hydrogens (primary N) is 1. The number of thiocarbonyl (C=S) groups is 1. The van der Waals surface area contributed by atoms with Gasteiger partial charge in [0.1, 0.15) is 4.99 Å².